The number of benzene rings is 2. The topological polar surface area (TPSA) is 57.9 Å². The molecule has 0 atom stereocenters. The second-order valence-electron chi connectivity index (χ2n) is 5.36. The van der Waals surface area contributed by atoms with Gasteiger partial charge in [-0.15, -0.1) is 0 Å². The Bertz CT molecular complexity index is 883. The van der Waals surface area contributed by atoms with Crippen molar-refractivity contribution in [1.29, 1.82) is 0 Å². The second-order valence-corrected chi connectivity index (χ2v) is 6.27. The van der Waals surface area contributed by atoms with Crippen LogP contribution in [0.1, 0.15) is 16.1 Å². The number of fused-ring (bicyclic) bond motifs is 1. The summed E-state index contributed by atoms with van der Waals surface area (Å²) in [6, 6.07) is 12.8. The Hall–Kier alpha value is -2.47. The average molecular weight is 405 g/mol. The number of furan rings is 1. The lowest BCUT2D eigenvalue weighted by Crippen LogP contribution is -2.12. The van der Waals surface area contributed by atoms with E-state index >= 15 is 0 Å². The molecule has 2 aromatic carbocycles. The number of methoxy groups -OCH3 is 1. The second kappa shape index (κ2) is 7.61. The van der Waals surface area contributed by atoms with Gasteiger partial charge in [-0.3, -0.25) is 0 Å². The molecular weight excluding hydrogens is 388 g/mol. The highest BCUT2D eigenvalue weighted by molar-refractivity contribution is 9.10. The van der Waals surface area contributed by atoms with Crippen LogP contribution in [-0.4, -0.2) is 26.3 Å². The van der Waals surface area contributed by atoms with Crippen LogP contribution in [-0.2, 0) is 4.74 Å². The van der Waals surface area contributed by atoms with E-state index in [2.05, 4.69) is 15.9 Å². The summed E-state index contributed by atoms with van der Waals surface area (Å²) >= 11 is 3.41. The van der Waals surface area contributed by atoms with Crippen molar-refractivity contribution in [2.75, 3.05) is 20.3 Å². The fourth-order valence-electron chi connectivity index (χ4n) is 2.42. The van der Waals surface area contributed by atoms with Crippen LogP contribution in [0.4, 0.5) is 0 Å². The van der Waals surface area contributed by atoms with Gasteiger partial charge in [0, 0.05) is 15.4 Å². The predicted molar refractivity (Wildman–Crippen MR) is 97.4 cm³/mol. The van der Waals surface area contributed by atoms with Crippen LogP contribution in [0, 0.1) is 6.92 Å². The fourth-order valence-corrected chi connectivity index (χ4v) is 2.78. The van der Waals surface area contributed by atoms with E-state index in [1.165, 1.54) is 0 Å². The lowest BCUT2D eigenvalue weighted by molar-refractivity contribution is 0.0416. The molecule has 0 aliphatic carbocycles. The molecule has 0 fully saturated rings. The fraction of sp³-hybridized carbons (Fsp3) is 0.211. The van der Waals surface area contributed by atoms with Gasteiger partial charge in [-0.25, -0.2) is 4.79 Å². The van der Waals surface area contributed by atoms with Gasteiger partial charge in [0.15, 0.2) is 0 Å². The number of carbonyl (C=O) groups is 1. The summed E-state index contributed by atoms with van der Waals surface area (Å²) in [6.07, 6.45) is 0. The Labute approximate surface area is 153 Å². The SMILES string of the molecule is COc1ccc(OCCOC(=O)c2oc3ccc(Br)cc3c2C)cc1. The summed E-state index contributed by atoms with van der Waals surface area (Å²) in [6.45, 7) is 2.22. The quantitative estimate of drug-likeness (QED) is 0.438. The Kier molecular flexibility index (Phi) is 5.28. The van der Waals surface area contributed by atoms with Gasteiger partial charge >= 0.3 is 5.97 Å². The van der Waals surface area contributed by atoms with Crippen molar-refractivity contribution >= 4 is 32.9 Å². The molecule has 0 N–H and O–H groups in total. The first-order chi connectivity index (χ1) is 12.1. The standard InChI is InChI=1S/C19H17BrO5/c1-12-16-11-13(20)3-8-17(16)25-18(12)19(21)24-10-9-23-15-6-4-14(22-2)5-7-15/h3-8,11H,9-10H2,1-2H3. The van der Waals surface area contributed by atoms with Crippen LogP contribution < -0.4 is 9.47 Å². The third-order valence-electron chi connectivity index (χ3n) is 3.73. The number of halogens is 1. The van der Waals surface area contributed by atoms with Crippen LogP contribution in [0.5, 0.6) is 11.5 Å². The summed E-state index contributed by atoms with van der Waals surface area (Å²) < 4.78 is 22.4. The van der Waals surface area contributed by atoms with Crippen molar-refractivity contribution in [3.63, 3.8) is 0 Å². The number of carbonyl (C=O) groups excluding carboxylic acids is 1. The number of aryl methyl sites for hydroxylation is 1. The van der Waals surface area contributed by atoms with Crippen LogP contribution in [0.15, 0.2) is 51.4 Å². The molecule has 0 unspecified atom stereocenters. The van der Waals surface area contributed by atoms with E-state index in [0.29, 0.717) is 11.3 Å². The third-order valence-corrected chi connectivity index (χ3v) is 4.22. The van der Waals surface area contributed by atoms with E-state index in [0.717, 1.165) is 21.2 Å². The molecule has 0 bridgehead atoms. The molecule has 0 amide bonds. The molecule has 0 radical (unpaired) electrons. The molecule has 0 aliphatic heterocycles. The summed E-state index contributed by atoms with van der Waals surface area (Å²) in [4.78, 5) is 12.2. The number of rotatable bonds is 6. The Morgan fingerprint density at radius 1 is 1.08 bits per heavy atom. The highest BCUT2D eigenvalue weighted by atomic mass is 79.9. The van der Waals surface area contributed by atoms with Gasteiger partial charge < -0.3 is 18.6 Å². The monoisotopic (exact) mass is 404 g/mol. The first kappa shape index (κ1) is 17.4. The van der Waals surface area contributed by atoms with Crippen molar-refractivity contribution < 1.29 is 23.4 Å². The van der Waals surface area contributed by atoms with Crippen molar-refractivity contribution in [3.05, 3.63) is 58.3 Å². The van der Waals surface area contributed by atoms with Crippen molar-refractivity contribution in [3.8, 4) is 11.5 Å². The van der Waals surface area contributed by atoms with Gasteiger partial charge in [0.2, 0.25) is 5.76 Å². The molecule has 0 spiro atoms. The van der Waals surface area contributed by atoms with Crippen molar-refractivity contribution in [2.45, 2.75) is 6.92 Å². The third kappa shape index (κ3) is 3.96. The lowest BCUT2D eigenvalue weighted by atomic mass is 10.1. The maximum absolute atomic E-state index is 12.2. The summed E-state index contributed by atoms with van der Waals surface area (Å²) in [7, 11) is 1.61. The summed E-state index contributed by atoms with van der Waals surface area (Å²) in [5, 5.41) is 0.885. The number of hydrogen-bond donors (Lipinski definition) is 0. The van der Waals surface area contributed by atoms with Gasteiger partial charge in [-0.1, -0.05) is 15.9 Å². The Balaban J connectivity index is 1.56. The van der Waals surface area contributed by atoms with Crippen LogP contribution in [0.2, 0.25) is 0 Å². The number of ether oxygens (including phenoxy) is 3. The Morgan fingerprint density at radius 2 is 1.80 bits per heavy atom. The molecule has 3 rings (SSSR count). The zero-order valence-corrected chi connectivity index (χ0v) is 15.5. The lowest BCUT2D eigenvalue weighted by Gasteiger charge is -2.07. The first-order valence-corrected chi connectivity index (χ1v) is 8.50. The minimum absolute atomic E-state index is 0.130. The summed E-state index contributed by atoms with van der Waals surface area (Å²) in [5.74, 6) is 1.16. The number of hydrogen-bond acceptors (Lipinski definition) is 5. The largest absolute Gasteiger partial charge is 0.497 e. The van der Waals surface area contributed by atoms with Gasteiger partial charge in [0.1, 0.15) is 30.3 Å². The summed E-state index contributed by atoms with van der Waals surface area (Å²) in [5.41, 5.74) is 1.42. The minimum atomic E-state index is -0.497. The molecule has 130 valence electrons. The molecule has 0 saturated heterocycles. The van der Waals surface area contributed by atoms with E-state index in [9.17, 15) is 4.79 Å². The maximum atomic E-state index is 12.2. The molecule has 1 heterocycles. The van der Waals surface area contributed by atoms with E-state index < -0.39 is 5.97 Å². The van der Waals surface area contributed by atoms with Crippen molar-refractivity contribution in [2.24, 2.45) is 0 Å². The zero-order valence-electron chi connectivity index (χ0n) is 13.9. The smallest absolute Gasteiger partial charge is 0.374 e. The molecule has 25 heavy (non-hydrogen) atoms. The molecule has 1 aromatic heterocycles. The average Bonchev–Trinajstić information content (AvgIpc) is 2.95. The van der Waals surface area contributed by atoms with Gasteiger partial charge in [0.05, 0.1) is 7.11 Å². The van der Waals surface area contributed by atoms with E-state index in [1.54, 1.807) is 31.4 Å². The maximum Gasteiger partial charge on any atom is 0.374 e. The first-order valence-electron chi connectivity index (χ1n) is 7.71. The van der Waals surface area contributed by atoms with Crippen LogP contribution >= 0.6 is 15.9 Å². The molecule has 6 heteroatoms. The molecule has 0 saturated carbocycles. The van der Waals surface area contributed by atoms with Crippen molar-refractivity contribution in [1.82, 2.24) is 0 Å². The molecule has 3 aromatic rings. The van der Waals surface area contributed by atoms with Crippen LogP contribution in [0.3, 0.4) is 0 Å². The normalized spacial score (nSPS) is 10.7. The van der Waals surface area contributed by atoms with Gasteiger partial charge in [0.25, 0.3) is 0 Å². The molecular formula is C19H17BrO5. The van der Waals surface area contributed by atoms with E-state index in [-0.39, 0.29) is 19.0 Å². The van der Waals surface area contributed by atoms with E-state index in [1.807, 2.05) is 25.1 Å². The zero-order chi connectivity index (χ0) is 17.8. The minimum Gasteiger partial charge on any atom is -0.497 e. The predicted octanol–water partition coefficient (Wildman–Crippen LogP) is 4.75. The van der Waals surface area contributed by atoms with E-state index in [4.69, 9.17) is 18.6 Å². The highest BCUT2D eigenvalue weighted by Gasteiger charge is 2.19. The van der Waals surface area contributed by atoms with Crippen LogP contribution in [0.25, 0.3) is 11.0 Å². The highest BCUT2D eigenvalue weighted by Crippen LogP contribution is 2.28. The molecule has 0 aliphatic rings. The number of esters is 1. The van der Waals surface area contributed by atoms with Gasteiger partial charge in [-0.05, 0) is 49.4 Å². The Morgan fingerprint density at radius 3 is 2.52 bits per heavy atom. The molecule has 5 nitrogen and oxygen atoms in total. The van der Waals surface area contributed by atoms with Gasteiger partial charge in [-0.2, -0.15) is 0 Å².